The van der Waals surface area contributed by atoms with Crippen molar-refractivity contribution in [2.75, 3.05) is 32.7 Å². The Labute approximate surface area is 206 Å². The average Bonchev–Trinajstić information content (AvgIpc) is 3.18. The van der Waals surface area contributed by atoms with Crippen LogP contribution in [0.25, 0.3) is 11.4 Å². The number of halogens is 2. The zero-order valence-electron chi connectivity index (χ0n) is 18.2. The summed E-state index contributed by atoms with van der Waals surface area (Å²) in [5.74, 6) is 1.95. The second-order valence-corrected chi connectivity index (χ2v) is 8.12. The van der Waals surface area contributed by atoms with E-state index in [0.29, 0.717) is 35.7 Å². The Balaban J connectivity index is 0.00000341. The number of guanidine groups is 1. The van der Waals surface area contributed by atoms with Gasteiger partial charge in [0.2, 0.25) is 11.7 Å². The highest BCUT2D eigenvalue weighted by Crippen LogP contribution is 2.20. The first-order chi connectivity index (χ1) is 14.5. The molecule has 170 valence electrons. The molecule has 3 rings (SSSR count). The lowest BCUT2D eigenvalue weighted by atomic mass is 10.0. The van der Waals surface area contributed by atoms with Gasteiger partial charge in [0.1, 0.15) is 0 Å². The molecule has 0 bridgehead atoms. The molecule has 0 unspecified atom stereocenters. The lowest BCUT2D eigenvalue weighted by Crippen LogP contribution is -2.49. The summed E-state index contributed by atoms with van der Waals surface area (Å²) in [6.07, 6.45) is 2.79. The number of benzene rings is 1. The van der Waals surface area contributed by atoms with Crippen LogP contribution in [-0.2, 0) is 6.42 Å². The maximum Gasteiger partial charge on any atom is 0.228 e. The summed E-state index contributed by atoms with van der Waals surface area (Å²) in [6, 6.07) is 7.86. The molecular formula is C22H32ClIN6O. The van der Waals surface area contributed by atoms with E-state index < -0.39 is 0 Å². The van der Waals surface area contributed by atoms with E-state index >= 15 is 0 Å². The average molecular weight is 559 g/mol. The molecule has 9 heteroatoms. The van der Waals surface area contributed by atoms with E-state index in [-0.39, 0.29) is 24.0 Å². The highest BCUT2D eigenvalue weighted by atomic mass is 127. The van der Waals surface area contributed by atoms with Crippen LogP contribution in [0.5, 0.6) is 0 Å². The Morgan fingerprint density at radius 2 is 2.13 bits per heavy atom. The molecule has 2 heterocycles. The normalized spacial score (nSPS) is 15.4. The molecular weight excluding hydrogens is 527 g/mol. The van der Waals surface area contributed by atoms with E-state index in [1.807, 2.05) is 24.3 Å². The molecule has 1 aromatic heterocycles. The van der Waals surface area contributed by atoms with Crippen LogP contribution in [0.2, 0.25) is 5.02 Å². The standard InChI is InChI=1S/C22H31ClN6O.HI/c1-4-24-22(26-19-9-12-29(13-10-19)15-16(2)3)25-11-8-20-27-21(28-30-20)17-6-5-7-18(23)14-17;/h5-7,14,19H,2,4,8-13,15H2,1,3H3,(H2,24,25,26);1H. The third-order valence-electron chi connectivity index (χ3n) is 4.91. The fourth-order valence-electron chi connectivity index (χ4n) is 3.50. The molecule has 1 aliphatic rings. The van der Waals surface area contributed by atoms with E-state index in [4.69, 9.17) is 16.1 Å². The van der Waals surface area contributed by atoms with Crippen molar-refractivity contribution in [1.82, 2.24) is 25.7 Å². The zero-order valence-corrected chi connectivity index (χ0v) is 21.3. The summed E-state index contributed by atoms with van der Waals surface area (Å²) in [6.45, 7) is 12.7. The highest BCUT2D eigenvalue weighted by Gasteiger charge is 2.19. The molecule has 1 saturated heterocycles. The molecule has 0 aliphatic carbocycles. The van der Waals surface area contributed by atoms with Crippen molar-refractivity contribution in [3.05, 3.63) is 47.3 Å². The molecule has 1 fully saturated rings. The molecule has 1 aliphatic heterocycles. The van der Waals surface area contributed by atoms with Crippen molar-refractivity contribution in [2.45, 2.75) is 39.2 Å². The van der Waals surface area contributed by atoms with E-state index in [0.717, 1.165) is 50.5 Å². The lowest BCUT2D eigenvalue weighted by molar-refractivity contribution is 0.221. The molecule has 0 spiro atoms. The van der Waals surface area contributed by atoms with Gasteiger partial charge in [-0.2, -0.15) is 4.98 Å². The van der Waals surface area contributed by atoms with E-state index in [1.54, 1.807) is 0 Å². The molecule has 0 amide bonds. The van der Waals surface area contributed by atoms with Gasteiger partial charge in [-0.15, -0.1) is 24.0 Å². The van der Waals surface area contributed by atoms with Gasteiger partial charge in [0, 0.05) is 49.2 Å². The van der Waals surface area contributed by atoms with Crippen molar-refractivity contribution in [3.8, 4) is 11.4 Å². The molecule has 0 atom stereocenters. The highest BCUT2D eigenvalue weighted by molar-refractivity contribution is 14.0. The number of likely N-dealkylation sites (tertiary alicyclic amines) is 1. The number of nitrogens with one attached hydrogen (secondary N) is 2. The van der Waals surface area contributed by atoms with Gasteiger partial charge in [-0.1, -0.05) is 41.0 Å². The molecule has 2 N–H and O–H groups in total. The maximum absolute atomic E-state index is 6.04. The third kappa shape index (κ3) is 8.42. The number of aliphatic imine (C=N–C) groups is 1. The molecule has 0 radical (unpaired) electrons. The van der Waals surface area contributed by atoms with Gasteiger partial charge < -0.3 is 15.2 Å². The summed E-state index contributed by atoms with van der Waals surface area (Å²) in [7, 11) is 0. The summed E-state index contributed by atoms with van der Waals surface area (Å²) in [4.78, 5) is 11.6. The van der Waals surface area contributed by atoms with Crippen molar-refractivity contribution >= 4 is 41.5 Å². The minimum Gasteiger partial charge on any atom is -0.357 e. The van der Waals surface area contributed by atoms with Gasteiger partial charge in [-0.25, -0.2) is 0 Å². The molecule has 0 saturated carbocycles. The Kier molecular flexibility index (Phi) is 10.8. The van der Waals surface area contributed by atoms with Crippen LogP contribution < -0.4 is 10.6 Å². The van der Waals surface area contributed by atoms with Crippen LogP contribution in [0.3, 0.4) is 0 Å². The Morgan fingerprint density at radius 1 is 1.35 bits per heavy atom. The monoisotopic (exact) mass is 558 g/mol. The number of hydrogen-bond donors (Lipinski definition) is 2. The Bertz CT molecular complexity index is 863. The maximum atomic E-state index is 6.04. The van der Waals surface area contributed by atoms with E-state index in [9.17, 15) is 0 Å². The van der Waals surface area contributed by atoms with Crippen LogP contribution in [0.4, 0.5) is 0 Å². The number of rotatable bonds is 8. The van der Waals surface area contributed by atoms with Crippen molar-refractivity contribution in [1.29, 1.82) is 0 Å². The molecule has 2 aromatic rings. The first kappa shape index (κ1) is 25.6. The number of nitrogens with zero attached hydrogens (tertiary/aromatic N) is 4. The smallest absolute Gasteiger partial charge is 0.228 e. The minimum atomic E-state index is 0. The van der Waals surface area contributed by atoms with Gasteiger partial charge in [-0.05, 0) is 38.8 Å². The van der Waals surface area contributed by atoms with E-state index in [1.165, 1.54) is 5.57 Å². The van der Waals surface area contributed by atoms with Gasteiger partial charge in [-0.3, -0.25) is 9.89 Å². The number of aromatic nitrogens is 2. The quantitative estimate of drug-likeness (QED) is 0.219. The SMILES string of the molecule is C=C(C)CN1CCC(NC(=NCCc2nc(-c3cccc(Cl)c3)no2)NCC)CC1.I. The minimum absolute atomic E-state index is 0. The fraction of sp³-hybridized carbons (Fsp3) is 0.500. The van der Waals surface area contributed by atoms with E-state index in [2.05, 4.69) is 51.1 Å². The predicted molar refractivity (Wildman–Crippen MR) is 137 cm³/mol. The number of piperidine rings is 1. The largest absolute Gasteiger partial charge is 0.357 e. The number of hydrogen-bond acceptors (Lipinski definition) is 5. The molecule has 7 nitrogen and oxygen atoms in total. The second kappa shape index (κ2) is 13.0. The van der Waals surface area contributed by atoms with Crippen LogP contribution in [0, 0.1) is 0 Å². The van der Waals surface area contributed by atoms with Gasteiger partial charge in [0.25, 0.3) is 0 Å². The summed E-state index contributed by atoms with van der Waals surface area (Å²) >= 11 is 6.04. The predicted octanol–water partition coefficient (Wildman–Crippen LogP) is 4.15. The van der Waals surface area contributed by atoms with Crippen molar-refractivity contribution < 1.29 is 4.52 Å². The topological polar surface area (TPSA) is 78.6 Å². The molecule has 1 aromatic carbocycles. The Morgan fingerprint density at radius 3 is 2.81 bits per heavy atom. The Hall–Kier alpha value is -1.65. The van der Waals surface area contributed by atoms with Crippen LogP contribution in [0.15, 0.2) is 45.9 Å². The van der Waals surface area contributed by atoms with Crippen LogP contribution >= 0.6 is 35.6 Å². The van der Waals surface area contributed by atoms with Gasteiger partial charge in [0.15, 0.2) is 5.96 Å². The summed E-state index contributed by atoms with van der Waals surface area (Å²) in [5.41, 5.74) is 2.06. The second-order valence-electron chi connectivity index (χ2n) is 7.68. The van der Waals surface area contributed by atoms with Crippen LogP contribution in [0.1, 0.15) is 32.6 Å². The summed E-state index contributed by atoms with van der Waals surface area (Å²) in [5, 5.41) is 11.6. The van der Waals surface area contributed by atoms with Gasteiger partial charge >= 0.3 is 0 Å². The fourth-order valence-corrected chi connectivity index (χ4v) is 3.69. The van der Waals surface area contributed by atoms with Crippen molar-refractivity contribution in [2.24, 2.45) is 4.99 Å². The van der Waals surface area contributed by atoms with Gasteiger partial charge in [0.05, 0.1) is 6.54 Å². The molecule has 31 heavy (non-hydrogen) atoms. The van der Waals surface area contributed by atoms with Crippen LogP contribution in [-0.4, -0.2) is 59.8 Å². The summed E-state index contributed by atoms with van der Waals surface area (Å²) < 4.78 is 5.37. The third-order valence-corrected chi connectivity index (χ3v) is 5.15. The lowest BCUT2D eigenvalue weighted by Gasteiger charge is -2.33. The first-order valence-corrected chi connectivity index (χ1v) is 10.9. The first-order valence-electron chi connectivity index (χ1n) is 10.5. The zero-order chi connectivity index (χ0) is 21.3. The van der Waals surface area contributed by atoms with Crippen molar-refractivity contribution in [3.63, 3.8) is 0 Å².